The molecule has 2 aromatic heterocycles. The zero-order valence-corrected chi connectivity index (χ0v) is 18.8. The summed E-state index contributed by atoms with van der Waals surface area (Å²) in [4.78, 5) is 24.1. The van der Waals surface area contributed by atoms with Gasteiger partial charge in [-0.3, -0.25) is 4.79 Å². The third kappa shape index (κ3) is 5.03. The maximum atomic E-state index is 12.6. The molecule has 0 aliphatic heterocycles. The number of aromatic nitrogens is 3. The monoisotopic (exact) mass is 461 g/mol. The zero-order valence-electron chi connectivity index (χ0n) is 17.9. The highest BCUT2D eigenvalue weighted by atomic mass is 32.2. The van der Waals surface area contributed by atoms with Gasteiger partial charge in [-0.25, -0.2) is 17.9 Å². The van der Waals surface area contributed by atoms with Crippen LogP contribution in [0.1, 0.15) is 35.8 Å². The van der Waals surface area contributed by atoms with Crippen LogP contribution in [0.25, 0.3) is 5.69 Å². The summed E-state index contributed by atoms with van der Waals surface area (Å²) in [5, 5.41) is 10.4. The minimum absolute atomic E-state index is 0.0806. The second-order valence-electron chi connectivity index (χ2n) is 6.90. The van der Waals surface area contributed by atoms with Crippen LogP contribution < -0.4 is 10.0 Å². The highest BCUT2D eigenvalue weighted by Gasteiger charge is 2.28. The lowest BCUT2D eigenvalue weighted by Crippen LogP contribution is -2.41. The van der Waals surface area contributed by atoms with Crippen molar-refractivity contribution in [2.24, 2.45) is 0 Å². The third-order valence-electron chi connectivity index (χ3n) is 4.43. The summed E-state index contributed by atoms with van der Waals surface area (Å²) in [6.45, 7) is 6.39. The Hall–Kier alpha value is -3.51. The van der Waals surface area contributed by atoms with Crippen molar-refractivity contribution in [3.05, 3.63) is 53.7 Å². The molecule has 1 aromatic carbocycles. The maximum absolute atomic E-state index is 12.6. The molecule has 12 heteroatoms. The van der Waals surface area contributed by atoms with Crippen LogP contribution in [0.15, 0.2) is 45.9 Å². The van der Waals surface area contributed by atoms with Gasteiger partial charge < -0.3 is 14.6 Å². The topological polar surface area (TPSA) is 145 Å². The van der Waals surface area contributed by atoms with Crippen molar-refractivity contribution in [3.63, 3.8) is 0 Å². The van der Waals surface area contributed by atoms with E-state index in [1.807, 2.05) is 0 Å². The number of rotatable bonds is 8. The first-order valence-electron chi connectivity index (χ1n) is 9.71. The molecule has 2 N–H and O–H groups in total. The number of sulfonamides is 1. The number of aryl methyl sites for hydroxylation is 2. The maximum Gasteiger partial charge on any atom is 0.358 e. The number of amides is 1. The van der Waals surface area contributed by atoms with E-state index >= 15 is 0 Å². The van der Waals surface area contributed by atoms with E-state index in [9.17, 15) is 18.0 Å². The molecule has 0 saturated heterocycles. The van der Waals surface area contributed by atoms with Crippen LogP contribution in [0.4, 0.5) is 5.69 Å². The summed E-state index contributed by atoms with van der Waals surface area (Å²) in [5.41, 5.74) is 1.51. The van der Waals surface area contributed by atoms with Crippen LogP contribution in [0, 0.1) is 13.8 Å². The van der Waals surface area contributed by atoms with Gasteiger partial charge in [0.15, 0.2) is 11.5 Å². The Morgan fingerprint density at radius 2 is 1.88 bits per heavy atom. The molecule has 0 aliphatic rings. The van der Waals surface area contributed by atoms with Crippen molar-refractivity contribution in [1.29, 1.82) is 0 Å². The first kappa shape index (κ1) is 23.2. The highest BCUT2D eigenvalue weighted by Crippen LogP contribution is 2.19. The normalized spacial score (nSPS) is 12.4. The average Bonchev–Trinajstić information content (AvgIpc) is 3.35. The standard InChI is InChI=1S/C20H23N5O6S/c1-5-30-20(27)17-10-11-25(22-17)16-8-6-15(7-9-16)21-19(26)13(3)24-32(28,29)18-12(2)23-31-14(18)4/h6-11,13,24H,5H2,1-4H3,(H,21,26)/t13-/m0/s1. The first-order valence-corrected chi connectivity index (χ1v) is 11.2. The molecule has 0 unspecified atom stereocenters. The molecule has 0 radical (unpaired) electrons. The molecular weight excluding hydrogens is 438 g/mol. The van der Waals surface area contributed by atoms with Gasteiger partial charge in [-0.1, -0.05) is 5.16 Å². The second-order valence-corrected chi connectivity index (χ2v) is 8.55. The number of ether oxygens (including phenoxy) is 1. The van der Waals surface area contributed by atoms with E-state index in [1.54, 1.807) is 43.5 Å². The van der Waals surface area contributed by atoms with Crippen molar-refractivity contribution >= 4 is 27.6 Å². The lowest BCUT2D eigenvalue weighted by molar-refractivity contribution is -0.117. The van der Waals surface area contributed by atoms with Gasteiger partial charge in [-0.05, 0) is 58.0 Å². The Labute approximate surface area is 184 Å². The van der Waals surface area contributed by atoms with Crippen LogP contribution in [-0.4, -0.2) is 47.9 Å². The van der Waals surface area contributed by atoms with E-state index in [0.717, 1.165) is 0 Å². The second kappa shape index (κ2) is 9.32. The number of anilines is 1. The van der Waals surface area contributed by atoms with Crippen LogP contribution >= 0.6 is 0 Å². The molecule has 2 heterocycles. The molecule has 0 bridgehead atoms. The minimum atomic E-state index is -3.98. The fraction of sp³-hybridized carbons (Fsp3) is 0.300. The minimum Gasteiger partial charge on any atom is -0.461 e. The molecular formula is C20H23N5O6S. The number of benzene rings is 1. The van der Waals surface area contributed by atoms with E-state index in [0.29, 0.717) is 11.4 Å². The SMILES string of the molecule is CCOC(=O)c1ccn(-c2ccc(NC(=O)[C@H](C)NS(=O)(=O)c3c(C)noc3C)cc2)n1. The number of hydrogen-bond acceptors (Lipinski definition) is 8. The number of hydrogen-bond donors (Lipinski definition) is 2. The molecule has 1 atom stereocenters. The van der Waals surface area contributed by atoms with Crippen LogP contribution in [0.3, 0.4) is 0 Å². The van der Waals surface area contributed by atoms with Crippen molar-refractivity contribution in [2.45, 2.75) is 38.6 Å². The van der Waals surface area contributed by atoms with Gasteiger partial charge >= 0.3 is 5.97 Å². The molecule has 0 saturated carbocycles. The van der Waals surface area contributed by atoms with Gasteiger partial charge in [0, 0.05) is 11.9 Å². The smallest absolute Gasteiger partial charge is 0.358 e. The predicted octanol–water partition coefficient (Wildman–Crippen LogP) is 1.96. The van der Waals surface area contributed by atoms with Gasteiger partial charge in [0.2, 0.25) is 15.9 Å². The van der Waals surface area contributed by atoms with Crippen LogP contribution in [0.2, 0.25) is 0 Å². The molecule has 3 rings (SSSR count). The fourth-order valence-corrected chi connectivity index (χ4v) is 4.47. The molecule has 0 fully saturated rings. The summed E-state index contributed by atoms with van der Waals surface area (Å²) in [7, 11) is -3.98. The van der Waals surface area contributed by atoms with Crippen LogP contribution in [-0.2, 0) is 19.6 Å². The van der Waals surface area contributed by atoms with Gasteiger partial charge in [0.05, 0.1) is 18.3 Å². The fourth-order valence-electron chi connectivity index (χ4n) is 2.93. The zero-order chi connectivity index (χ0) is 23.5. The molecule has 11 nitrogen and oxygen atoms in total. The Kier molecular flexibility index (Phi) is 6.75. The summed E-state index contributed by atoms with van der Waals surface area (Å²) in [5.74, 6) is -0.914. The van der Waals surface area contributed by atoms with E-state index in [1.165, 1.54) is 25.5 Å². The molecule has 3 aromatic rings. The molecule has 170 valence electrons. The Balaban J connectivity index is 1.65. The van der Waals surface area contributed by atoms with E-state index < -0.39 is 27.9 Å². The third-order valence-corrected chi connectivity index (χ3v) is 6.22. The Bertz CT molecular complexity index is 1210. The van der Waals surface area contributed by atoms with Crippen molar-refractivity contribution < 1.29 is 27.3 Å². The largest absolute Gasteiger partial charge is 0.461 e. The van der Waals surface area contributed by atoms with E-state index in [-0.39, 0.29) is 28.7 Å². The molecule has 0 spiro atoms. The highest BCUT2D eigenvalue weighted by molar-refractivity contribution is 7.89. The molecule has 1 amide bonds. The summed E-state index contributed by atoms with van der Waals surface area (Å²) >= 11 is 0. The number of nitrogens with one attached hydrogen (secondary N) is 2. The average molecular weight is 462 g/mol. The van der Waals surface area contributed by atoms with Gasteiger partial charge in [0.1, 0.15) is 10.6 Å². The molecule has 0 aliphatic carbocycles. The van der Waals surface area contributed by atoms with Crippen molar-refractivity contribution in [2.75, 3.05) is 11.9 Å². The summed E-state index contributed by atoms with van der Waals surface area (Å²) in [6.07, 6.45) is 1.62. The number of carbonyl (C=O) groups excluding carboxylic acids is 2. The molecule has 32 heavy (non-hydrogen) atoms. The number of carbonyl (C=O) groups is 2. The Morgan fingerprint density at radius 1 is 1.19 bits per heavy atom. The first-order chi connectivity index (χ1) is 15.1. The van der Waals surface area contributed by atoms with Gasteiger partial charge in [-0.2, -0.15) is 9.82 Å². The summed E-state index contributed by atoms with van der Waals surface area (Å²) in [6, 6.07) is 7.14. The predicted molar refractivity (Wildman–Crippen MR) is 114 cm³/mol. The Morgan fingerprint density at radius 3 is 2.47 bits per heavy atom. The van der Waals surface area contributed by atoms with E-state index in [4.69, 9.17) is 9.26 Å². The van der Waals surface area contributed by atoms with E-state index in [2.05, 4.69) is 20.3 Å². The number of nitrogens with zero attached hydrogens (tertiary/aromatic N) is 3. The van der Waals surface area contributed by atoms with Gasteiger partial charge in [0.25, 0.3) is 0 Å². The van der Waals surface area contributed by atoms with Gasteiger partial charge in [-0.15, -0.1) is 0 Å². The number of esters is 1. The quantitative estimate of drug-likeness (QED) is 0.484. The lowest BCUT2D eigenvalue weighted by Gasteiger charge is -2.14. The van der Waals surface area contributed by atoms with Crippen molar-refractivity contribution in [3.8, 4) is 5.69 Å². The van der Waals surface area contributed by atoms with Crippen LogP contribution in [0.5, 0.6) is 0 Å². The van der Waals surface area contributed by atoms with Crippen molar-refractivity contribution in [1.82, 2.24) is 19.7 Å². The summed E-state index contributed by atoms with van der Waals surface area (Å²) < 4.78 is 38.7. The lowest BCUT2D eigenvalue weighted by atomic mass is 10.2.